The maximum absolute atomic E-state index is 12.5. The summed E-state index contributed by atoms with van der Waals surface area (Å²) >= 11 is 3.21. The summed E-state index contributed by atoms with van der Waals surface area (Å²) in [5, 5.41) is 6.80. The summed E-state index contributed by atoms with van der Waals surface area (Å²) in [6.45, 7) is 0.987. The number of carbonyl (C=O) groups excluding carboxylic acids is 2. The average Bonchev–Trinajstić information content (AvgIpc) is 3.21. The molecule has 0 aromatic carbocycles. The first-order valence-corrected chi connectivity index (χ1v) is 8.67. The smallest absolute Gasteiger partial charge is 0.333 e. The van der Waals surface area contributed by atoms with E-state index in [1.807, 2.05) is 29.0 Å². The fraction of sp³-hybridized carbons (Fsp3) is 0.333. The van der Waals surface area contributed by atoms with Crippen LogP contribution in [0.1, 0.15) is 21.4 Å². The number of hydrogen-bond donors (Lipinski definition) is 1. The Morgan fingerprint density at radius 1 is 1.36 bits per heavy atom. The van der Waals surface area contributed by atoms with Gasteiger partial charge < -0.3 is 15.0 Å². The highest BCUT2D eigenvalue weighted by atomic mass is 32.1. The fourth-order valence-corrected chi connectivity index (χ4v) is 4.13. The van der Waals surface area contributed by atoms with Crippen molar-refractivity contribution in [2.24, 2.45) is 0 Å². The number of rotatable bonds is 3. The highest BCUT2D eigenvalue weighted by Crippen LogP contribution is 2.34. The molecule has 7 heteroatoms. The highest BCUT2D eigenvalue weighted by Gasteiger charge is 2.37. The van der Waals surface area contributed by atoms with Crippen molar-refractivity contribution in [3.63, 3.8) is 0 Å². The Labute approximate surface area is 136 Å². The standard InChI is InChI=1S/C15H16N2O3S2/c1-20-14(18)13-11-5-8-22-12(11)4-6-17(13)15(19)16-9-10-3-2-7-21-10/h2-3,5,7-8,13H,4,6,9H2,1H3,(H,16,19). The van der Waals surface area contributed by atoms with Crippen LogP contribution >= 0.6 is 22.7 Å². The van der Waals surface area contributed by atoms with Gasteiger partial charge in [-0.3, -0.25) is 0 Å². The minimum absolute atomic E-state index is 0.236. The third-order valence-corrected chi connectivity index (χ3v) is 5.52. The monoisotopic (exact) mass is 336 g/mol. The quantitative estimate of drug-likeness (QED) is 0.877. The molecule has 2 aromatic heterocycles. The van der Waals surface area contributed by atoms with Crippen LogP contribution in [0.5, 0.6) is 0 Å². The Kier molecular flexibility index (Phi) is 4.44. The zero-order chi connectivity index (χ0) is 15.5. The molecule has 0 fully saturated rings. The van der Waals surface area contributed by atoms with E-state index in [4.69, 9.17) is 4.74 Å². The van der Waals surface area contributed by atoms with Gasteiger partial charge in [0.1, 0.15) is 0 Å². The lowest BCUT2D eigenvalue weighted by Gasteiger charge is -2.33. The van der Waals surface area contributed by atoms with Crippen molar-refractivity contribution >= 4 is 34.7 Å². The number of fused-ring (bicyclic) bond motifs is 1. The molecule has 0 radical (unpaired) electrons. The van der Waals surface area contributed by atoms with Gasteiger partial charge in [-0.15, -0.1) is 22.7 Å². The number of amides is 2. The van der Waals surface area contributed by atoms with Crippen molar-refractivity contribution in [2.75, 3.05) is 13.7 Å². The lowest BCUT2D eigenvalue weighted by molar-refractivity contribution is -0.146. The molecule has 5 nitrogen and oxygen atoms in total. The van der Waals surface area contributed by atoms with E-state index < -0.39 is 12.0 Å². The Bertz CT molecular complexity index is 666. The lowest BCUT2D eigenvalue weighted by Crippen LogP contribution is -2.47. The summed E-state index contributed by atoms with van der Waals surface area (Å²) in [6, 6.07) is 4.93. The van der Waals surface area contributed by atoms with Gasteiger partial charge in [-0.2, -0.15) is 0 Å². The van der Waals surface area contributed by atoms with Crippen molar-refractivity contribution in [1.29, 1.82) is 0 Å². The van der Waals surface area contributed by atoms with E-state index in [9.17, 15) is 9.59 Å². The molecule has 2 aromatic rings. The predicted octanol–water partition coefficient (Wildman–Crippen LogP) is 2.79. The molecule has 0 saturated heterocycles. The van der Waals surface area contributed by atoms with Gasteiger partial charge in [0.2, 0.25) is 0 Å². The molecule has 0 saturated carbocycles. The number of ether oxygens (including phenoxy) is 1. The molecule has 2 amide bonds. The second kappa shape index (κ2) is 6.50. The molecule has 1 unspecified atom stereocenters. The number of nitrogens with one attached hydrogen (secondary N) is 1. The van der Waals surface area contributed by atoms with Gasteiger partial charge in [-0.25, -0.2) is 9.59 Å². The van der Waals surface area contributed by atoms with Crippen LogP contribution in [0.25, 0.3) is 0 Å². The Morgan fingerprint density at radius 2 is 2.23 bits per heavy atom. The van der Waals surface area contributed by atoms with E-state index >= 15 is 0 Å². The third-order valence-electron chi connectivity index (χ3n) is 3.65. The topological polar surface area (TPSA) is 58.6 Å². The largest absolute Gasteiger partial charge is 0.467 e. The summed E-state index contributed by atoms with van der Waals surface area (Å²) in [5.41, 5.74) is 0.884. The summed E-state index contributed by atoms with van der Waals surface area (Å²) in [7, 11) is 1.35. The molecule has 3 heterocycles. The maximum Gasteiger partial charge on any atom is 0.333 e. The van der Waals surface area contributed by atoms with E-state index in [1.54, 1.807) is 27.6 Å². The molecule has 0 bridgehead atoms. The van der Waals surface area contributed by atoms with Gasteiger partial charge >= 0.3 is 12.0 Å². The first-order valence-electron chi connectivity index (χ1n) is 6.91. The number of thiophene rings is 2. The zero-order valence-electron chi connectivity index (χ0n) is 12.1. The van der Waals surface area contributed by atoms with E-state index in [1.165, 1.54) is 7.11 Å². The van der Waals surface area contributed by atoms with E-state index in [2.05, 4.69) is 5.32 Å². The number of carbonyl (C=O) groups is 2. The van der Waals surface area contributed by atoms with Gasteiger partial charge in [0.05, 0.1) is 13.7 Å². The average molecular weight is 336 g/mol. The fourth-order valence-electron chi connectivity index (χ4n) is 2.58. The summed E-state index contributed by atoms with van der Waals surface area (Å²) in [4.78, 5) is 28.4. The molecule has 0 spiro atoms. The minimum atomic E-state index is -0.650. The van der Waals surface area contributed by atoms with Crippen molar-refractivity contribution in [1.82, 2.24) is 10.2 Å². The van der Waals surface area contributed by atoms with Gasteiger partial charge in [0.15, 0.2) is 6.04 Å². The second-order valence-electron chi connectivity index (χ2n) is 4.91. The number of methoxy groups -OCH3 is 1. The molecule has 116 valence electrons. The molecular weight excluding hydrogens is 320 g/mol. The lowest BCUT2D eigenvalue weighted by atomic mass is 10.0. The van der Waals surface area contributed by atoms with Crippen molar-refractivity contribution in [2.45, 2.75) is 19.0 Å². The Hall–Kier alpha value is -1.86. The number of hydrogen-bond acceptors (Lipinski definition) is 5. The molecule has 22 heavy (non-hydrogen) atoms. The van der Waals surface area contributed by atoms with Crippen molar-refractivity contribution < 1.29 is 14.3 Å². The predicted molar refractivity (Wildman–Crippen MR) is 86.0 cm³/mol. The summed E-state index contributed by atoms with van der Waals surface area (Å²) < 4.78 is 4.89. The van der Waals surface area contributed by atoms with Crippen molar-refractivity contribution in [3.8, 4) is 0 Å². The van der Waals surface area contributed by atoms with Gasteiger partial charge in [0, 0.05) is 16.3 Å². The molecule has 0 aliphatic carbocycles. The zero-order valence-corrected chi connectivity index (χ0v) is 13.7. The van der Waals surface area contributed by atoms with Gasteiger partial charge in [-0.1, -0.05) is 6.07 Å². The van der Waals surface area contributed by atoms with Gasteiger partial charge in [-0.05, 0) is 34.9 Å². The number of esters is 1. The Morgan fingerprint density at radius 3 is 2.95 bits per heavy atom. The van der Waals surface area contributed by atoms with Crippen LogP contribution in [0.3, 0.4) is 0 Å². The van der Waals surface area contributed by atoms with Crippen LogP contribution in [-0.4, -0.2) is 30.6 Å². The second-order valence-corrected chi connectivity index (χ2v) is 6.94. The van der Waals surface area contributed by atoms with E-state index in [-0.39, 0.29) is 6.03 Å². The molecule has 1 N–H and O–H groups in total. The van der Waals surface area contributed by atoms with E-state index in [0.717, 1.165) is 21.7 Å². The van der Waals surface area contributed by atoms with Crippen LogP contribution in [-0.2, 0) is 22.5 Å². The number of nitrogens with zero attached hydrogens (tertiary/aromatic N) is 1. The first-order chi connectivity index (χ1) is 10.7. The number of urea groups is 1. The third kappa shape index (κ3) is 2.86. The normalized spacial score (nSPS) is 17.0. The van der Waals surface area contributed by atoms with Crippen molar-refractivity contribution in [3.05, 3.63) is 44.3 Å². The van der Waals surface area contributed by atoms with E-state index in [0.29, 0.717) is 13.1 Å². The summed E-state index contributed by atoms with van der Waals surface area (Å²) in [6.07, 6.45) is 0.771. The highest BCUT2D eigenvalue weighted by molar-refractivity contribution is 7.10. The van der Waals surface area contributed by atoms with Crippen LogP contribution in [0.15, 0.2) is 29.0 Å². The molecule has 1 atom stereocenters. The minimum Gasteiger partial charge on any atom is -0.467 e. The molecule has 1 aliphatic heterocycles. The molecule has 3 rings (SSSR count). The summed E-state index contributed by atoms with van der Waals surface area (Å²) in [5.74, 6) is -0.398. The maximum atomic E-state index is 12.5. The molecular formula is C15H16N2O3S2. The molecule has 1 aliphatic rings. The van der Waals surface area contributed by atoms with Crippen LogP contribution in [0, 0.1) is 0 Å². The Balaban J connectivity index is 1.76. The van der Waals surface area contributed by atoms with Gasteiger partial charge in [0.25, 0.3) is 0 Å². The van der Waals surface area contributed by atoms with Crippen LogP contribution in [0.4, 0.5) is 4.79 Å². The van der Waals surface area contributed by atoms with Crippen LogP contribution < -0.4 is 5.32 Å². The first kappa shape index (κ1) is 15.1. The van der Waals surface area contributed by atoms with Crippen LogP contribution in [0.2, 0.25) is 0 Å². The SMILES string of the molecule is COC(=O)C1c2ccsc2CCN1C(=O)NCc1cccs1.